The predicted octanol–water partition coefficient (Wildman–Crippen LogP) is 1.36. The predicted molar refractivity (Wildman–Crippen MR) is 28.2 cm³/mol. The summed E-state index contributed by atoms with van der Waals surface area (Å²) in [6.45, 7) is 0.458. The maximum Gasteiger partial charge on any atom is 0.485 e. The number of rotatable bonds is 2. The van der Waals surface area contributed by atoms with E-state index in [9.17, 15) is 9.13 Å². The molecule has 0 aromatic rings. The lowest BCUT2D eigenvalue weighted by Crippen LogP contribution is -1.79. The topological polar surface area (TPSA) is 61.8 Å². The maximum absolute atomic E-state index is 10.7. The van der Waals surface area contributed by atoms with E-state index in [2.05, 4.69) is 13.4 Å². The van der Waals surface area contributed by atoms with Crippen molar-refractivity contribution >= 4 is 16.5 Å². The Labute approximate surface area is 53.2 Å². The second-order valence-corrected chi connectivity index (χ2v) is 3.48. The third-order valence-corrected chi connectivity index (χ3v) is 2.78. The Morgan fingerprint density at radius 2 is 2.00 bits per heavy atom. The molecular weight excluding hydrogens is 166 g/mol. The molecule has 1 aliphatic rings. The summed E-state index contributed by atoms with van der Waals surface area (Å²) in [6.07, 6.45) is 0. The van der Waals surface area contributed by atoms with Crippen LogP contribution in [0.15, 0.2) is 0 Å². The first kappa shape index (κ1) is 7.32. The van der Waals surface area contributed by atoms with Gasteiger partial charge >= 0.3 is 16.5 Å². The van der Waals surface area contributed by atoms with Crippen molar-refractivity contribution in [3.05, 3.63) is 0 Å². The molecule has 0 spiro atoms. The first-order valence-corrected chi connectivity index (χ1v) is 4.36. The van der Waals surface area contributed by atoms with Crippen LogP contribution in [0.1, 0.15) is 0 Å². The molecule has 0 atom stereocenters. The first-order chi connectivity index (χ1) is 4.27. The summed E-state index contributed by atoms with van der Waals surface area (Å²) in [4.78, 5) is 0. The Morgan fingerprint density at radius 1 is 1.44 bits per heavy atom. The van der Waals surface area contributed by atoms with Crippen LogP contribution in [0, 0.1) is 0 Å². The zero-order valence-corrected chi connectivity index (χ0v) is 6.14. The van der Waals surface area contributed by atoms with Gasteiger partial charge < -0.3 is 0 Å². The lowest BCUT2D eigenvalue weighted by molar-refractivity contribution is 0.277. The van der Waals surface area contributed by atoms with Gasteiger partial charge in [-0.15, -0.1) is 0 Å². The van der Waals surface area contributed by atoms with Gasteiger partial charge in [-0.3, -0.25) is 9.05 Å². The summed E-state index contributed by atoms with van der Waals surface area (Å²) < 4.78 is 33.5. The molecule has 5 nitrogen and oxygen atoms in total. The van der Waals surface area contributed by atoms with Crippen LogP contribution in [0.4, 0.5) is 0 Å². The zero-order valence-electron chi connectivity index (χ0n) is 4.35. The molecule has 0 saturated carbocycles. The standard InChI is InChI=1S/C2H4O5P2/c3-8-7-9(4)5-1-2-6-9/h1-2H2. The van der Waals surface area contributed by atoms with Gasteiger partial charge in [0.25, 0.3) is 0 Å². The Morgan fingerprint density at radius 3 is 2.44 bits per heavy atom. The smallest absolute Gasteiger partial charge is 0.284 e. The van der Waals surface area contributed by atoms with Crippen molar-refractivity contribution in [3.63, 3.8) is 0 Å². The van der Waals surface area contributed by atoms with E-state index in [0.717, 1.165) is 0 Å². The first-order valence-electron chi connectivity index (χ1n) is 2.17. The van der Waals surface area contributed by atoms with Crippen LogP contribution in [0.3, 0.4) is 0 Å². The minimum absolute atomic E-state index is 0.229. The number of phosphoric acid groups is 1. The van der Waals surface area contributed by atoms with Crippen molar-refractivity contribution in [2.45, 2.75) is 0 Å². The fourth-order valence-electron chi connectivity index (χ4n) is 0.423. The highest BCUT2D eigenvalue weighted by Gasteiger charge is 2.32. The molecule has 1 fully saturated rings. The molecule has 52 valence electrons. The average molecular weight is 170 g/mol. The van der Waals surface area contributed by atoms with Gasteiger partial charge in [-0.25, -0.2) is 9.13 Å². The molecule has 1 saturated heterocycles. The van der Waals surface area contributed by atoms with Gasteiger partial charge in [-0.05, 0) is 0 Å². The van der Waals surface area contributed by atoms with Gasteiger partial charge in [0.2, 0.25) is 0 Å². The molecule has 7 heteroatoms. The SMILES string of the molecule is O=POP1(=O)OCCO1. The second kappa shape index (κ2) is 2.86. The fourth-order valence-corrected chi connectivity index (χ4v) is 1.80. The fraction of sp³-hybridized carbons (Fsp3) is 1.00. The monoisotopic (exact) mass is 170 g/mol. The molecule has 0 amide bonds. The van der Waals surface area contributed by atoms with Crippen LogP contribution in [-0.2, 0) is 22.5 Å². The summed E-state index contributed by atoms with van der Waals surface area (Å²) in [5.41, 5.74) is 0. The highest BCUT2D eigenvalue weighted by Crippen LogP contribution is 2.55. The number of phosphoric ester groups is 1. The van der Waals surface area contributed by atoms with Crippen molar-refractivity contribution in [3.8, 4) is 0 Å². The third kappa shape index (κ3) is 1.81. The molecule has 1 heterocycles. The van der Waals surface area contributed by atoms with E-state index in [1.54, 1.807) is 0 Å². The molecule has 0 aromatic carbocycles. The van der Waals surface area contributed by atoms with Gasteiger partial charge in [0, 0.05) is 0 Å². The van der Waals surface area contributed by atoms with Gasteiger partial charge in [-0.2, -0.15) is 4.31 Å². The summed E-state index contributed by atoms with van der Waals surface area (Å²) in [5.74, 6) is 0. The number of hydrogen-bond acceptors (Lipinski definition) is 5. The number of hydrogen-bond donors (Lipinski definition) is 0. The Kier molecular flexibility index (Phi) is 2.33. The highest BCUT2D eigenvalue weighted by molar-refractivity contribution is 7.54. The van der Waals surface area contributed by atoms with Crippen LogP contribution in [-0.4, -0.2) is 13.2 Å². The Bertz CT molecular complexity index is 145. The van der Waals surface area contributed by atoms with E-state index < -0.39 is 16.5 Å². The quantitative estimate of drug-likeness (QED) is 0.585. The normalized spacial score (nSPS) is 24.9. The highest BCUT2D eigenvalue weighted by atomic mass is 31.2. The minimum Gasteiger partial charge on any atom is -0.284 e. The Balaban J connectivity index is 2.51. The minimum atomic E-state index is -3.39. The lowest BCUT2D eigenvalue weighted by atomic mass is 10.8. The van der Waals surface area contributed by atoms with Crippen molar-refractivity contribution < 1.29 is 22.5 Å². The van der Waals surface area contributed by atoms with E-state index in [4.69, 9.17) is 0 Å². The molecule has 0 unspecified atom stereocenters. The Hall–Kier alpha value is 0.210. The molecule has 0 radical (unpaired) electrons. The van der Waals surface area contributed by atoms with Crippen molar-refractivity contribution in [1.82, 2.24) is 0 Å². The second-order valence-electron chi connectivity index (χ2n) is 1.27. The van der Waals surface area contributed by atoms with Crippen LogP contribution >= 0.6 is 16.5 Å². The van der Waals surface area contributed by atoms with E-state index in [1.165, 1.54) is 0 Å². The van der Waals surface area contributed by atoms with E-state index in [1.807, 2.05) is 0 Å². The summed E-state index contributed by atoms with van der Waals surface area (Å²) in [6, 6.07) is 0. The molecular formula is C2H4O5P2. The summed E-state index contributed by atoms with van der Waals surface area (Å²) in [5, 5.41) is 0. The lowest BCUT2D eigenvalue weighted by Gasteiger charge is -2.00. The van der Waals surface area contributed by atoms with Crippen molar-refractivity contribution in [1.29, 1.82) is 0 Å². The third-order valence-electron chi connectivity index (χ3n) is 0.715. The van der Waals surface area contributed by atoms with Gasteiger partial charge in [-0.1, -0.05) is 0 Å². The van der Waals surface area contributed by atoms with Crippen LogP contribution in [0.25, 0.3) is 0 Å². The summed E-state index contributed by atoms with van der Waals surface area (Å²) in [7, 11) is -4.08. The molecule has 9 heavy (non-hydrogen) atoms. The van der Waals surface area contributed by atoms with E-state index in [0.29, 0.717) is 0 Å². The molecule has 0 N–H and O–H groups in total. The average Bonchev–Trinajstić information content (AvgIpc) is 2.16. The molecule has 0 aliphatic carbocycles. The molecule has 0 aromatic heterocycles. The van der Waals surface area contributed by atoms with E-state index >= 15 is 0 Å². The summed E-state index contributed by atoms with van der Waals surface area (Å²) >= 11 is 0. The van der Waals surface area contributed by atoms with Gasteiger partial charge in [0.05, 0.1) is 13.2 Å². The molecule has 1 aliphatic heterocycles. The van der Waals surface area contributed by atoms with E-state index in [-0.39, 0.29) is 13.2 Å². The largest absolute Gasteiger partial charge is 0.485 e. The molecule has 1 rings (SSSR count). The zero-order chi connectivity index (χ0) is 6.74. The van der Waals surface area contributed by atoms with Crippen LogP contribution < -0.4 is 0 Å². The molecule has 0 bridgehead atoms. The van der Waals surface area contributed by atoms with Crippen LogP contribution in [0.2, 0.25) is 0 Å². The maximum atomic E-state index is 10.7. The van der Waals surface area contributed by atoms with Crippen molar-refractivity contribution in [2.24, 2.45) is 0 Å². The van der Waals surface area contributed by atoms with Crippen molar-refractivity contribution in [2.75, 3.05) is 13.2 Å². The van der Waals surface area contributed by atoms with Gasteiger partial charge in [0.1, 0.15) is 0 Å². The van der Waals surface area contributed by atoms with Gasteiger partial charge in [0.15, 0.2) is 0 Å². The van der Waals surface area contributed by atoms with Crippen LogP contribution in [0.5, 0.6) is 0 Å².